The largest absolute Gasteiger partial charge is 0.369 e. The number of aryl methyl sites for hydroxylation is 1. The van der Waals surface area contributed by atoms with Crippen molar-refractivity contribution in [1.82, 2.24) is 19.5 Å². The summed E-state index contributed by atoms with van der Waals surface area (Å²) in [6.45, 7) is 6.80. The molecule has 0 amide bonds. The van der Waals surface area contributed by atoms with Crippen molar-refractivity contribution in [3.8, 4) is 0 Å². The number of rotatable bonds is 5. The molecule has 20 heavy (non-hydrogen) atoms. The van der Waals surface area contributed by atoms with Crippen molar-refractivity contribution in [1.29, 1.82) is 0 Å². The summed E-state index contributed by atoms with van der Waals surface area (Å²) in [4.78, 5) is 13.1. The number of nitrogens with zero attached hydrogens (tertiary/aromatic N) is 4. The quantitative estimate of drug-likeness (QED) is 0.861. The van der Waals surface area contributed by atoms with Gasteiger partial charge in [-0.15, -0.1) is 0 Å². The zero-order valence-electron chi connectivity index (χ0n) is 12.3. The van der Waals surface area contributed by atoms with E-state index in [0.717, 1.165) is 36.0 Å². The lowest BCUT2D eigenvalue weighted by molar-refractivity contribution is 0.765. The summed E-state index contributed by atoms with van der Waals surface area (Å²) in [7, 11) is 1.99. The zero-order valence-corrected chi connectivity index (χ0v) is 13.1. The Morgan fingerprint density at radius 1 is 1.35 bits per heavy atom. The number of imidazole rings is 1. The smallest absolute Gasteiger partial charge is 0.137 e. The third-order valence-electron chi connectivity index (χ3n) is 3.18. The third kappa shape index (κ3) is 3.28. The molecule has 2 aromatic rings. The molecule has 1 N–H and O–H groups in total. The Balaban J connectivity index is 2.07. The number of hydrogen-bond acceptors (Lipinski definition) is 4. The first-order chi connectivity index (χ1) is 9.49. The molecule has 0 aliphatic heterocycles. The average Bonchev–Trinajstić information content (AvgIpc) is 2.80. The van der Waals surface area contributed by atoms with Crippen molar-refractivity contribution in [2.75, 3.05) is 11.9 Å². The molecule has 2 rings (SSSR count). The van der Waals surface area contributed by atoms with E-state index in [-0.39, 0.29) is 5.92 Å². The van der Waals surface area contributed by atoms with Crippen LogP contribution in [-0.2, 0) is 13.5 Å². The molecule has 0 atom stereocenters. The lowest BCUT2D eigenvalue weighted by atomic mass is 10.2. The molecule has 0 unspecified atom stereocenters. The van der Waals surface area contributed by atoms with Crippen LogP contribution in [0.2, 0.25) is 5.15 Å². The molecule has 2 heterocycles. The molecule has 0 saturated carbocycles. The summed E-state index contributed by atoms with van der Waals surface area (Å²) in [6, 6.07) is 0. The highest BCUT2D eigenvalue weighted by Crippen LogP contribution is 2.22. The van der Waals surface area contributed by atoms with Gasteiger partial charge in [-0.25, -0.2) is 15.0 Å². The van der Waals surface area contributed by atoms with Gasteiger partial charge < -0.3 is 9.88 Å². The zero-order chi connectivity index (χ0) is 14.7. The van der Waals surface area contributed by atoms with E-state index in [0.29, 0.717) is 5.15 Å². The van der Waals surface area contributed by atoms with Crippen molar-refractivity contribution in [2.45, 2.75) is 33.1 Å². The van der Waals surface area contributed by atoms with E-state index in [1.807, 2.05) is 24.7 Å². The Morgan fingerprint density at radius 3 is 2.70 bits per heavy atom. The van der Waals surface area contributed by atoms with Crippen LogP contribution in [0.5, 0.6) is 0 Å². The number of aromatic nitrogens is 4. The van der Waals surface area contributed by atoms with E-state index in [1.54, 1.807) is 6.20 Å². The molecule has 0 aliphatic rings. The predicted molar refractivity (Wildman–Crippen MR) is 81.3 cm³/mol. The maximum absolute atomic E-state index is 6.16. The second kappa shape index (κ2) is 6.22. The summed E-state index contributed by atoms with van der Waals surface area (Å²) in [6.07, 6.45) is 4.58. The fourth-order valence-electron chi connectivity index (χ4n) is 1.87. The molecule has 0 aliphatic carbocycles. The van der Waals surface area contributed by atoms with E-state index in [2.05, 4.69) is 34.1 Å². The molecule has 108 valence electrons. The van der Waals surface area contributed by atoms with Gasteiger partial charge in [-0.05, 0) is 6.92 Å². The average molecular weight is 294 g/mol. The van der Waals surface area contributed by atoms with Gasteiger partial charge in [0.05, 0.1) is 0 Å². The highest BCUT2D eigenvalue weighted by molar-refractivity contribution is 6.30. The van der Waals surface area contributed by atoms with Crippen LogP contribution in [0.1, 0.15) is 37.0 Å². The van der Waals surface area contributed by atoms with E-state index >= 15 is 0 Å². The van der Waals surface area contributed by atoms with Crippen molar-refractivity contribution >= 4 is 17.4 Å². The van der Waals surface area contributed by atoms with Crippen LogP contribution in [0.4, 0.5) is 5.82 Å². The minimum atomic E-state index is 0.253. The Bertz CT molecular complexity index is 591. The summed E-state index contributed by atoms with van der Waals surface area (Å²) in [5.74, 6) is 2.87. The molecule has 0 aromatic carbocycles. The molecule has 0 bridgehead atoms. The minimum absolute atomic E-state index is 0.253. The molecule has 0 saturated heterocycles. The van der Waals surface area contributed by atoms with E-state index in [1.165, 1.54) is 0 Å². The van der Waals surface area contributed by atoms with Crippen LogP contribution in [0.3, 0.4) is 0 Å². The van der Waals surface area contributed by atoms with Crippen molar-refractivity contribution in [2.24, 2.45) is 7.05 Å². The fourth-order valence-corrected chi connectivity index (χ4v) is 2.04. The summed E-state index contributed by atoms with van der Waals surface area (Å²) >= 11 is 6.16. The van der Waals surface area contributed by atoms with Crippen LogP contribution in [-0.4, -0.2) is 26.1 Å². The highest BCUT2D eigenvalue weighted by atomic mass is 35.5. The molecule has 5 nitrogen and oxygen atoms in total. The Hall–Kier alpha value is -1.62. The standard InChI is InChI=1S/C14H20ClN5/c1-9(2)13-18-12(15)10(3)14(19-13)17-6-5-11-16-7-8-20(11)4/h7-9H,5-6H2,1-4H3,(H,17,18,19). The normalized spacial score (nSPS) is 11.1. The molecule has 0 fully saturated rings. The summed E-state index contributed by atoms with van der Waals surface area (Å²) in [5, 5.41) is 3.84. The van der Waals surface area contributed by atoms with Gasteiger partial charge in [-0.1, -0.05) is 25.4 Å². The minimum Gasteiger partial charge on any atom is -0.369 e. The van der Waals surface area contributed by atoms with Crippen LogP contribution in [0, 0.1) is 6.92 Å². The number of nitrogens with one attached hydrogen (secondary N) is 1. The second-order valence-corrected chi connectivity index (χ2v) is 5.49. The van der Waals surface area contributed by atoms with Gasteiger partial charge in [0.1, 0.15) is 22.6 Å². The van der Waals surface area contributed by atoms with Crippen LogP contribution in [0.25, 0.3) is 0 Å². The van der Waals surface area contributed by atoms with Gasteiger partial charge in [-0.3, -0.25) is 0 Å². The van der Waals surface area contributed by atoms with Crippen molar-refractivity contribution in [3.05, 3.63) is 34.8 Å². The molecule has 6 heteroatoms. The van der Waals surface area contributed by atoms with Gasteiger partial charge in [0.25, 0.3) is 0 Å². The highest BCUT2D eigenvalue weighted by Gasteiger charge is 2.11. The lowest BCUT2D eigenvalue weighted by Crippen LogP contribution is -2.12. The maximum atomic E-state index is 6.16. The molecule has 0 radical (unpaired) electrons. The molecular formula is C14H20ClN5. The van der Waals surface area contributed by atoms with Gasteiger partial charge in [0.15, 0.2) is 0 Å². The fraction of sp³-hybridized carbons (Fsp3) is 0.500. The van der Waals surface area contributed by atoms with Crippen molar-refractivity contribution < 1.29 is 0 Å². The third-order valence-corrected chi connectivity index (χ3v) is 3.55. The first-order valence-electron chi connectivity index (χ1n) is 6.73. The van der Waals surface area contributed by atoms with E-state index < -0.39 is 0 Å². The monoisotopic (exact) mass is 293 g/mol. The summed E-state index contributed by atoms with van der Waals surface area (Å²) < 4.78 is 2.01. The maximum Gasteiger partial charge on any atom is 0.137 e. The number of hydrogen-bond donors (Lipinski definition) is 1. The Labute approximate surface area is 124 Å². The van der Waals surface area contributed by atoms with E-state index in [4.69, 9.17) is 11.6 Å². The van der Waals surface area contributed by atoms with E-state index in [9.17, 15) is 0 Å². The first-order valence-corrected chi connectivity index (χ1v) is 7.11. The topological polar surface area (TPSA) is 55.6 Å². The number of anilines is 1. The SMILES string of the molecule is Cc1c(Cl)nc(C(C)C)nc1NCCc1nccn1C. The van der Waals surface area contributed by atoms with Gasteiger partial charge in [0.2, 0.25) is 0 Å². The molecule has 0 spiro atoms. The summed E-state index contributed by atoms with van der Waals surface area (Å²) in [5.41, 5.74) is 0.885. The van der Waals surface area contributed by atoms with Crippen LogP contribution < -0.4 is 5.32 Å². The van der Waals surface area contributed by atoms with Gasteiger partial charge in [-0.2, -0.15) is 0 Å². The second-order valence-electron chi connectivity index (χ2n) is 5.13. The van der Waals surface area contributed by atoms with Gasteiger partial charge in [0, 0.05) is 43.9 Å². The molecular weight excluding hydrogens is 274 g/mol. The van der Waals surface area contributed by atoms with Crippen LogP contribution >= 0.6 is 11.6 Å². The van der Waals surface area contributed by atoms with Gasteiger partial charge >= 0.3 is 0 Å². The predicted octanol–water partition coefficient (Wildman–Crippen LogP) is 2.95. The molecule has 2 aromatic heterocycles. The van der Waals surface area contributed by atoms with Crippen molar-refractivity contribution in [3.63, 3.8) is 0 Å². The Kier molecular flexibility index (Phi) is 4.60. The Morgan fingerprint density at radius 2 is 2.10 bits per heavy atom. The van der Waals surface area contributed by atoms with Crippen LogP contribution in [0.15, 0.2) is 12.4 Å². The number of halogens is 1. The lowest BCUT2D eigenvalue weighted by Gasteiger charge is -2.12. The first kappa shape index (κ1) is 14.8.